The number of anilines is 2. The summed E-state index contributed by atoms with van der Waals surface area (Å²) in [5.74, 6) is 2.04. The third kappa shape index (κ3) is 4.87. The molecule has 0 unspecified atom stereocenters. The van der Waals surface area contributed by atoms with Crippen molar-refractivity contribution in [2.45, 2.75) is 33.1 Å². The van der Waals surface area contributed by atoms with Gasteiger partial charge >= 0.3 is 6.03 Å². The second-order valence-electron chi connectivity index (χ2n) is 7.99. The monoisotopic (exact) mass is 422 g/mol. The quantitative estimate of drug-likeness (QED) is 0.637. The topological polar surface area (TPSA) is 92.9 Å². The van der Waals surface area contributed by atoms with E-state index in [0.717, 1.165) is 49.6 Å². The van der Waals surface area contributed by atoms with Crippen molar-refractivity contribution in [2.75, 3.05) is 29.9 Å². The van der Waals surface area contributed by atoms with Crippen LogP contribution in [0.15, 0.2) is 36.7 Å². The van der Waals surface area contributed by atoms with Gasteiger partial charge in [0.25, 0.3) is 0 Å². The number of nitrogens with zero attached hydrogens (tertiary/aromatic N) is 6. The zero-order valence-corrected chi connectivity index (χ0v) is 18.4. The number of carbonyl (C=O) groups excluding carboxylic acids is 1. The minimum absolute atomic E-state index is 0.219. The number of urea groups is 1. The Morgan fingerprint density at radius 1 is 1.26 bits per heavy atom. The molecular formula is C22H30N8O. The van der Waals surface area contributed by atoms with Gasteiger partial charge in [0.15, 0.2) is 11.6 Å². The van der Waals surface area contributed by atoms with Gasteiger partial charge in [0.05, 0.1) is 11.4 Å². The van der Waals surface area contributed by atoms with Crippen LogP contribution in [0.2, 0.25) is 0 Å². The fourth-order valence-electron chi connectivity index (χ4n) is 4.16. The number of pyridine rings is 1. The highest BCUT2D eigenvalue weighted by Gasteiger charge is 2.22. The number of rotatable bonds is 6. The highest BCUT2D eigenvalue weighted by atomic mass is 16.2. The summed E-state index contributed by atoms with van der Waals surface area (Å²) in [5, 5.41) is 14.2. The van der Waals surface area contributed by atoms with Gasteiger partial charge in [-0.3, -0.25) is 10.00 Å². The lowest BCUT2D eigenvalue weighted by Crippen LogP contribution is -2.35. The van der Waals surface area contributed by atoms with Crippen LogP contribution in [0, 0.1) is 12.8 Å². The van der Waals surface area contributed by atoms with E-state index in [2.05, 4.69) is 38.7 Å². The van der Waals surface area contributed by atoms with Crippen LogP contribution in [0.1, 0.15) is 31.2 Å². The molecule has 0 radical (unpaired) electrons. The first-order valence-corrected chi connectivity index (χ1v) is 10.8. The SMILES string of the molecule is CCNC(=O)Nc1cc(CC2CCN(c3ccc(-n4cccn4)nc3C)CC2)n(C)n1. The van der Waals surface area contributed by atoms with Crippen LogP contribution in [0.5, 0.6) is 0 Å². The van der Waals surface area contributed by atoms with Crippen molar-refractivity contribution < 1.29 is 4.79 Å². The van der Waals surface area contributed by atoms with Gasteiger partial charge in [-0.25, -0.2) is 14.5 Å². The highest BCUT2D eigenvalue weighted by Crippen LogP contribution is 2.28. The molecule has 0 bridgehead atoms. The Morgan fingerprint density at radius 2 is 2.06 bits per heavy atom. The Kier molecular flexibility index (Phi) is 6.20. The van der Waals surface area contributed by atoms with Crippen LogP contribution in [-0.2, 0) is 13.5 Å². The van der Waals surface area contributed by atoms with Crippen molar-refractivity contribution in [3.8, 4) is 5.82 Å². The van der Waals surface area contributed by atoms with E-state index in [-0.39, 0.29) is 6.03 Å². The maximum atomic E-state index is 11.7. The van der Waals surface area contributed by atoms with Crippen LogP contribution >= 0.6 is 0 Å². The van der Waals surface area contributed by atoms with Crippen LogP contribution in [-0.4, -0.2) is 50.2 Å². The van der Waals surface area contributed by atoms with Crippen LogP contribution in [0.4, 0.5) is 16.3 Å². The van der Waals surface area contributed by atoms with Crippen molar-refractivity contribution in [2.24, 2.45) is 13.0 Å². The molecule has 1 fully saturated rings. The molecule has 4 rings (SSSR count). The fourth-order valence-corrected chi connectivity index (χ4v) is 4.16. The molecule has 3 aromatic heterocycles. The molecule has 1 saturated heterocycles. The number of amides is 2. The largest absolute Gasteiger partial charge is 0.370 e. The third-order valence-electron chi connectivity index (χ3n) is 5.79. The number of aromatic nitrogens is 5. The zero-order chi connectivity index (χ0) is 21.8. The first-order valence-electron chi connectivity index (χ1n) is 10.8. The summed E-state index contributed by atoms with van der Waals surface area (Å²) in [6.45, 7) is 6.56. The fraction of sp³-hybridized carbons (Fsp3) is 0.455. The van der Waals surface area contributed by atoms with Gasteiger partial charge in [-0.1, -0.05) is 0 Å². The molecule has 0 spiro atoms. The number of carbonyl (C=O) groups is 1. The van der Waals surface area contributed by atoms with Gasteiger partial charge in [0.1, 0.15) is 0 Å². The normalized spacial score (nSPS) is 14.6. The lowest BCUT2D eigenvalue weighted by atomic mass is 9.91. The summed E-state index contributed by atoms with van der Waals surface area (Å²) in [4.78, 5) is 18.9. The predicted molar refractivity (Wildman–Crippen MR) is 121 cm³/mol. The molecule has 3 aromatic rings. The van der Waals surface area contributed by atoms with E-state index in [1.165, 1.54) is 5.69 Å². The smallest absolute Gasteiger partial charge is 0.320 e. The second-order valence-corrected chi connectivity index (χ2v) is 7.99. The van der Waals surface area contributed by atoms with Gasteiger partial charge in [-0.2, -0.15) is 10.2 Å². The number of aryl methyl sites for hydroxylation is 2. The Bertz CT molecular complexity index is 1020. The number of hydrogen-bond acceptors (Lipinski definition) is 5. The summed E-state index contributed by atoms with van der Waals surface area (Å²) >= 11 is 0. The molecule has 0 atom stereocenters. The summed E-state index contributed by atoms with van der Waals surface area (Å²) in [7, 11) is 1.93. The average Bonchev–Trinajstić information content (AvgIpc) is 3.39. The lowest BCUT2D eigenvalue weighted by molar-refractivity contribution is 0.252. The van der Waals surface area contributed by atoms with Crippen molar-refractivity contribution in [1.29, 1.82) is 0 Å². The molecule has 9 nitrogen and oxygen atoms in total. The molecule has 0 aliphatic carbocycles. The van der Waals surface area contributed by atoms with Gasteiger partial charge < -0.3 is 10.2 Å². The Hall–Kier alpha value is -3.36. The minimum atomic E-state index is -0.219. The van der Waals surface area contributed by atoms with Crippen molar-refractivity contribution in [1.82, 2.24) is 29.9 Å². The van der Waals surface area contributed by atoms with E-state index in [0.29, 0.717) is 18.3 Å². The Balaban J connectivity index is 1.34. The second kappa shape index (κ2) is 9.20. The number of hydrogen-bond donors (Lipinski definition) is 2. The minimum Gasteiger partial charge on any atom is -0.370 e. The first kappa shape index (κ1) is 20.9. The van der Waals surface area contributed by atoms with E-state index in [1.807, 2.05) is 43.0 Å². The molecule has 4 heterocycles. The predicted octanol–water partition coefficient (Wildman–Crippen LogP) is 2.91. The van der Waals surface area contributed by atoms with Gasteiger partial charge in [-0.15, -0.1) is 0 Å². The lowest BCUT2D eigenvalue weighted by Gasteiger charge is -2.34. The number of piperidine rings is 1. The highest BCUT2D eigenvalue weighted by molar-refractivity contribution is 5.88. The standard InChI is InChI=1S/C22H30N8O/c1-4-23-22(31)26-20-15-18(28(3)27-20)14-17-8-12-29(13-9-17)19-6-7-21(25-16(19)2)30-11-5-10-24-30/h5-7,10-11,15,17H,4,8-9,12-14H2,1-3H3,(H2,23,26,27,31). The van der Waals surface area contributed by atoms with E-state index < -0.39 is 0 Å². The maximum Gasteiger partial charge on any atom is 0.320 e. The first-order chi connectivity index (χ1) is 15.0. The molecule has 164 valence electrons. The van der Waals surface area contributed by atoms with Gasteiger partial charge in [0, 0.05) is 50.8 Å². The van der Waals surface area contributed by atoms with E-state index in [1.54, 1.807) is 10.9 Å². The molecule has 0 aromatic carbocycles. The van der Waals surface area contributed by atoms with E-state index in [4.69, 9.17) is 4.98 Å². The summed E-state index contributed by atoms with van der Waals surface area (Å²) in [5.41, 5.74) is 3.37. The molecule has 1 aliphatic rings. The Morgan fingerprint density at radius 3 is 2.74 bits per heavy atom. The van der Waals surface area contributed by atoms with Crippen molar-refractivity contribution in [3.05, 3.63) is 48.0 Å². The van der Waals surface area contributed by atoms with Gasteiger partial charge in [0.2, 0.25) is 0 Å². The maximum absolute atomic E-state index is 11.7. The molecule has 31 heavy (non-hydrogen) atoms. The molecule has 0 saturated carbocycles. The van der Waals surface area contributed by atoms with Crippen LogP contribution < -0.4 is 15.5 Å². The third-order valence-corrected chi connectivity index (χ3v) is 5.79. The van der Waals surface area contributed by atoms with Crippen molar-refractivity contribution in [3.63, 3.8) is 0 Å². The molecular weight excluding hydrogens is 392 g/mol. The summed E-state index contributed by atoms with van der Waals surface area (Å²) < 4.78 is 3.65. The van der Waals surface area contributed by atoms with Crippen LogP contribution in [0.3, 0.4) is 0 Å². The average molecular weight is 423 g/mol. The zero-order valence-electron chi connectivity index (χ0n) is 18.4. The van der Waals surface area contributed by atoms with E-state index >= 15 is 0 Å². The van der Waals surface area contributed by atoms with Crippen LogP contribution in [0.25, 0.3) is 5.82 Å². The summed E-state index contributed by atoms with van der Waals surface area (Å²) in [6, 6.07) is 7.84. The molecule has 1 aliphatic heterocycles. The van der Waals surface area contributed by atoms with E-state index in [9.17, 15) is 4.79 Å². The molecule has 9 heteroatoms. The van der Waals surface area contributed by atoms with Gasteiger partial charge in [-0.05, 0) is 57.2 Å². The van der Waals surface area contributed by atoms with Crippen molar-refractivity contribution >= 4 is 17.5 Å². The molecule has 2 N–H and O–H groups in total. The summed E-state index contributed by atoms with van der Waals surface area (Å²) in [6.07, 6.45) is 6.86. The molecule has 2 amide bonds. The number of nitrogens with one attached hydrogen (secondary N) is 2. The Labute approximate surface area is 182 Å².